The van der Waals surface area contributed by atoms with Crippen LogP contribution < -0.4 is 10.1 Å². The second-order valence-corrected chi connectivity index (χ2v) is 6.80. The van der Waals surface area contributed by atoms with E-state index < -0.39 is 0 Å². The maximum Gasteiger partial charge on any atom is 0.291 e. The minimum atomic E-state index is -0.353. The molecule has 0 saturated carbocycles. The van der Waals surface area contributed by atoms with Gasteiger partial charge in [-0.2, -0.15) is 0 Å². The van der Waals surface area contributed by atoms with Crippen molar-refractivity contribution in [2.24, 2.45) is 0 Å². The molecular weight excluding hydrogens is 384 g/mol. The van der Waals surface area contributed by atoms with E-state index in [4.69, 9.17) is 13.9 Å². The summed E-state index contributed by atoms with van der Waals surface area (Å²) < 4.78 is 16.3. The number of amides is 2. The van der Waals surface area contributed by atoms with Crippen molar-refractivity contribution >= 4 is 34.5 Å². The van der Waals surface area contributed by atoms with Crippen molar-refractivity contribution in [3.05, 3.63) is 65.9 Å². The molecule has 0 atom stereocenters. The van der Waals surface area contributed by atoms with E-state index in [-0.39, 0.29) is 17.6 Å². The quantitative estimate of drug-likeness (QED) is 0.655. The Morgan fingerprint density at radius 1 is 1.07 bits per heavy atom. The number of fused-ring (bicyclic) bond motifs is 1. The van der Waals surface area contributed by atoms with Crippen LogP contribution in [-0.2, 0) is 9.53 Å². The highest BCUT2D eigenvalue weighted by Crippen LogP contribution is 2.32. The normalized spacial score (nSPS) is 14.2. The molecule has 1 N–H and O–H groups in total. The first-order chi connectivity index (χ1) is 14.7. The molecular formula is C23H22N2O5. The molecule has 0 aliphatic carbocycles. The van der Waals surface area contributed by atoms with Crippen molar-refractivity contribution in [2.75, 3.05) is 38.7 Å². The van der Waals surface area contributed by atoms with Gasteiger partial charge in [-0.25, -0.2) is 0 Å². The smallest absolute Gasteiger partial charge is 0.291 e. The Bertz CT molecular complexity index is 1080. The summed E-state index contributed by atoms with van der Waals surface area (Å²) in [4.78, 5) is 27.3. The number of para-hydroxylation sites is 1. The molecule has 154 valence electrons. The zero-order valence-electron chi connectivity index (χ0n) is 16.6. The topological polar surface area (TPSA) is 81.0 Å². The maximum atomic E-state index is 13.0. The molecule has 1 aliphatic heterocycles. The lowest BCUT2D eigenvalue weighted by Gasteiger charge is -2.26. The van der Waals surface area contributed by atoms with Gasteiger partial charge in [0.25, 0.3) is 5.91 Å². The average Bonchev–Trinajstić information content (AvgIpc) is 3.16. The largest absolute Gasteiger partial charge is 0.497 e. The van der Waals surface area contributed by atoms with Crippen LogP contribution in [0.4, 0.5) is 5.69 Å². The Balaban J connectivity index is 1.58. The molecule has 2 aromatic carbocycles. The van der Waals surface area contributed by atoms with Gasteiger partial charge < -0.3 is 24.1 Å². The van der Waals surface area contributed by atoms with Gasteiger partial charge in [-0.1, -0.05) is 24.3 Å². The summed E-state index contributed by atoms with van der Waals surface area (Å²) in [7, 11) is 1.60. The van der Waals surface area contributed by atoms with Crippen LogP contribution in [0.1, 0.15) is 16.1 Å². The summed E-state index contributed by atoms with van der Waals surface area (Å²) >= 11 is 0. The van der Waals surface area contributed by atoms with Crippen LogP contribution in [0.2, 0.25) is 0 Å². The van der Waals surface area contributed by atoms with Crippen molar-refractivity contribution in [1.29, 1.82) is 0 Å². The molecule has 0 unspecified atom stereocenters. The number of hydrogen-bond donors (Lipinski definition) is 1. The van der Waals surface area contributed by atoms with E-state index in [2.05, 4.69) is 5.32 Å². The number of rotatable bonds is 5. The van der Waals surface area contributed by atoms with Gasteiger partial charge in [-0.15, -0.1) is 0 Å². The lowest BCUT2D eigenvalue weighted by Crippen LogP contribution is -2.40. The van der Waals surface area contributed by atoms with E-state index in [1.165, 1.54) is 6.08 Å². The number of carbonyl (C=O) groups excluding carboxylic acids is 2. The van der Waals surface area contributed by atoms with Gasteiger partial charge in [0.1, 0.15) is 17.0 Å². The molecule has 7 heteroatoms. The first-order valence-electron chi connectivity index (χ1n) is 9.67. The SMILES string of the molecule is COc1ccc(C=CC(=O)Nc2c(C(=O)N3CCOCC3)oc3ccccc23)cc1. The van der Waals surface area contributed by atoms with E-state index in [1.807, 2.05) is 42.5 Å². The number of nitrogens with zero attached hydrogens (tertiary/aromatic N) is 1. The second-order valence-electron chi connectivity index (χ2n) is 6.80. The van der Waals surface area contributed by atoms with Crippen LogP contribution in [0, 0.1) is 0 Å². The Morgan fingerprint density at radius 2 is 1.80 bits per heavy atom. The molecule has 0 spiro atoms. The average molecular weight is 406 g/mol. The van der Waals surface area contributed by atoms with E-state index in [0.29, 0.717) is 43.0 Å². The van der Waals surface area contributed by atoms with Gasteiger partial charge in [0.2, 0.25) is 11.7 Å². The molecule has 2 heterocycles. The first-order valence-corrected chi connectivity index (χ1v) is 9.67. The third-order valence-electron chi connectivity index (χ3n) is 4.88. The fraction of sp³-hybridized carbons (Fsp3) is 0.217. The Hall–Kier alpha value is -3.58. The van der Waals surface area contributed by atoms with Crippen molar-refractivity contribution in [3.63, 3.8) is 0 Å². The van der Waals surface area contributed by atoms with Crippen molar-refractivity contribution in [1.82, 2.24) is 4.90 Å². The zero-order chi connectivity index (χ0) is 20.9. The van der Waals surface area contributed by atoms with Gasteiger partial charge in [0.15, 0.2) is 0 Å². The van der Waals surface area contributed by atoms with Crippen LogP contribution in [0.15, 0.2) is 59.0 Å². The number of morpholine rings is 1. The molecule has 0 radical (unpaired) electrons. The van der Waals surface area contributed by atoms with E-state index in [9.17, 15) is 9.59 Å². The highest BCUT2D eigenvalue weighted by atomic mass is 16.5. The third-order valence-corrected chi connectivity index (χ3v) is 4.88. The molecule has 1 aromatic heterocycles. The van der Waals surface area contributed by atoms with Gasteiger partial charge in [0.05, 0.1) is 20.3 Å². The predicted molar refractivity (Wildman–Crippen MR) is 114 cm³/mol. The number of methoxy groups -OCH3 is 1. The molecule has 1 aliphatic rings. The standard InChI is InChI=1S/C23H22N2O5/c1-28-17-9-6-16(7-10-17)8-11-20(26)24-21-18-4-2-3-5-19(18)30-22(21)23(27)25-12-14-29-15-13-25/h2-11H,12-15H2,1H3,(H,24,26). The summed E-state index contributed by atoms with van der Waals surface area (Å²) in [5.41, 5.74) is 1.78. The summed E-state index contributed by atoms with van der Waals surface area (Å²) in [6, 6.07) is 14.6. The Labute approximate surface area is 173 Å². The lowest BCUT2D eigenvalue weighted by atomic mass is 10.2. The summed E-state index contributed by atoms with van der Waals surface area (Å²) in [5.74, 6) is 0.259. The number of furan rings is 1. The fourth-order valence-electron chi connectivity index (χ4n) is 3.28. The minimum absolute atomic E-state index is 0.129. The predicted octanol–water partition coefficient (Wildman–Crippen LogP) is 3.57. The van der Waals surface area contributed by atoms with Crippen molar-refractivity contribution in [3.8, 4) is 5.75 Å². The van der Waals surface area contributed by atoms with Crippen LogP contribution in [0.3, 0.4) is 0 Å². The highest BCUT2D eigenvalue weighted by molar-refractivity contribution is 6.13. The van der Waals surface area contributed by atoms with Gasteiger partial charge in [-0.05, 0) is 35.9 Å². The van der Waals surface area contributed by atoms with E-state index in [1.54, 1.807) is 24.2 Å². The monoisotopic (exact) mass is 406 g/mol. The minimum Gasteiger partial charge on any atom is -0.497 e. The Morgan fingerprint density at radius 3 is 2.53 bits per heavy atom. The number of carbonyl (C=O) groups is 2. The maximum absolute atomic E-state index is 13.0. The van der Waals surface area contributed by atoms with E-state index >= 15 is 0 Å². The van der Waals surface area contributed by atoms with Crippen LogP contribution in [0.5, 0.6) is 5.75 Å². The number of anilines is 1. The number of ether oxygens (including phenoxy) is 2. The Kier molecular flexibility index (Phi) is 5.81. The molecule has 3 aromatic rings. The van der Waals surface area contributed by atoms with Crippen LogP contribution in [0.25, 0.3) is 17.0 Å². The molecule has 1 saturated heterocycles. The van der Waals surface area contributed by atoms with Gasteiger partial charge in [0, 0.05) is 24.6 Å². The van der Waals surface area contributed by atoms with Gasteiger partial charge in [-0.3, -0.25) is 9.59 Å². The fourth-order valence-corrected chi connectivity index (χ4v) is 3.28. The molecule has 1 fully saturated rings. The molecule has 7 nitrogen and oxygen atoms in total. The van der Waals surface area contributed by atoms with E-state index in [0.717, 1.165) is 11.3 Å². The zero-order valence-corrected chi connectivity index (χ0v) is 16.6. The summed E-state index contributed by atoms with van der Waals surface area (Å²) in [6.07, 6.45) is 3.12. The molecule has 4 rings (SSSR count). The van der Waals surface area contributed by atoms with Crippen molar-refractivity contribution in [2.45, 2.75) is 0 Å². The van der Waals surface area contributed by atoms with Crippen LogP contribution in [-0.4, -0.2) is 50.1 Å². The number of benzene rings is 2. The second kappa shape index (κ2) is 8.84. The first kappa shape index (κ1) is 19.7. The third kappa shape index (κ3) is 4.21. The number of hydrogen-bond acceptors (Lipinski definition) is 5. The highest BCUT2D eigenvalue weighted by Gasteiger charge is 2.27. The summed E-state index contributed by atoms with van der Waals surface area (Å²) in [6.45, 7) is 1.94. The van der Waals surface area contributed by atoms with Gasteiger partial charge >= 0.3 is 0 Å². The molecule has 30 heavy (non-hydrogen) atoms. The van der Waals surface area contributed by atoms with Crippen molar-refractivity contribution < 1.29 is 23.5 Å². The molecule has 2 amide bonds. The number of nitrogens with one attached hydrogen (secondary N) is 1. The summed E-state index contributed by atoms with van der Waals surface area (Å²) in [5, 5.41) is 3.50. The lowest BCUT2D eigenvalue weighted by molar-refractivity contribution is -0.111. The van der Waals surface area contributed by atoms with Crippen LogP contribution >= 0.6 is 0 Å². The molecule has 0 bridgehead atoms.